The molecule has 0 aliphatic heterocycles. The van der Waals surface area contributed by atoms with Crippen LogP contribution in [0.1, 0.15) is 361 Å². The predicted octanol–water partition coefficient (Wildman–Crippen LogP) is 21.3. The van der Waals surface area contributed by atoms with Gasteiger partial charge in [0, 0.05) is 19.3 Å². The number of hydrogen-bond donors (Lipinski definition) is 0. The molecule has 414 valence electrons. The fourth-order valence-electron chi connectivity index (χ4n) is 9.74. The monoisotopic (exact) mass is 987 g/mol. The molecule has 0 aliphatic rings. The van der Waals surface area contributed by atoms with Crippen LogP contribution < -0.4 is 0 Å². The molecule has 1 unspecified atom stereocenters. The Bertz CT molecular complexity index is 1090. The Morgan fingerprint density at radius 2 is 0.471 bits per heavy atom. The van der Waals surface area contributed by atoms with Crippen molar-refractivity contribution >= 4 is 17.9 Å². The minimum Gasteiger partial charge on any atom is -0.462 e. The van der Waals surface area contributed by atoms with E-state index in [1.54, 1.807) is 0 Å². The van der Waals surface area contributed by atoms with Crippen LogP contribution in [0.5, 0.6) is 0 Å². The van der Waals surface area contributed by atoms with Crippen molar-refractivity contribution in [1.29, 1.82) is 0 Å². The van der Waals surface area contributed by atoms with Crippen LogP contribution in [0.2, 0.25) is 0 Å². The van der Waals surface area contributed by atoms with E-state index in [1.165, 1.54) is 263 Å². The van der Waals surface area contributed by atoms with E-state index in [0.717, 1.165) is 57.8 Å². The maximum atomic E-state index is 12.9. The average Bonchev–Trinajstić information content (AvgIpc) is 3.36. The summed E-state index contributed by atoms with van der Waals surface area (Å²) in [5, 5.41) is 0. The number of carbonyl (C=O) groups is 3. The molecule has 0 heterocycles. The summed E-state index contributed by atoms with van der Waals surface area (Å²) in [7, 11) is 0. The van der Waals surface area contributed by atoms with Crippen molar-refractivity contribution in [2.75, 3.05) is 13.2 Å². The Kier molecular flexibility index (Phi) is 58.1. The molecule has 6 nitrogen and oxygen atoms in total. The Hall–Kier alpha value is -1.85. The van der Waals surface area contributed by atoms with E-state index >= 15 is 0 Å². The molecule has 0 aromatic rings. The van der Waals surface area contributed by atoms with Gasteiger partial charge in [0.05, 0.1) is 0 Å². The number of rotatable bonds is 59. The molecule has 0 aromatic heterocycles. The van der Waals surface area contributed by atoms with E-state index in [4.69, 9.17) is 14.2 Å². The van der Waals surface area contributed by atoms with E-state index in [-0.39, 0.29) is 31.1 Å². The van der Waals surface area contributed by atoms with Gasteiger partial charge < -0.3 is 14.2 Å². The van der Waals surface area contributed by atoms with Gasteiger partial charge in [-0.05, 0) is 44.9 Å². The Morgan fingerprint density at radius 1 is 0.271 bits per heavy atom. The normalized spacial score (nSPS) is 12.0. The van der Waals surface area contributed by atoms with Gasteiger partial charge in [-0.1, -0.05) is 309 Å². The summed E-state index contributed by atoms with van der Waals surface area (Å²) in [5.41, 5.74) is 0. The highest BCUT2D eigenvalue weighted by molar-refractivity contribution is 5.71. The minimum atomic E-state index is -0.766. The molecule has 0 rings (SSSR count). The van der Waals surface area contributed by atoms with Crippen molar-refractivity contribution in [2.24, 2.45) is 0 Å². The number of hydrogen-bond acceptors (Lipinski definition) is 6. The average molecular weight is 988 g/mol. The van der Waals surface area contributed by atoms with Crippen molar-refractivity contribution in [3.63, 3.8) is 0 Å². The second-order valence-electron chi connectivity index (χ2n) is 21.7. The largest absolute Gasteiger partial charge is 0.462 e. The molecule has 0 amide bonds. The molecule has 0 radical (unpaired) electrons. The fraction of sp³-hybridized carbons (Fsp3) is 0.922. The van der Waals surface area contributed by atoms with Gasteiger partial charge in [0.1, 0.15) is 13.2 Å². The first-order valence-electron chi connectivity index (χ1n) is 31.7. The van der Waals surface area contributed by atoms with Gasteiger partial charge in [0.25, 0.3) is 0 Å². The van der Waals surface area contributed by atoms with Crippen molar-refractivity contribution in [1.82, 2.24) is 0 Å². The SMILES string of the molecule is CCCCCCCC/C=C\CCCCCCCCCCCC(=O)OC(COC(=O)CCCCCCCCCCCCCCC)COC(=O)CCCCCCCCCCCCCCCCCCCCCC. The number of allylic oxidation sites excluding steroid dienone is 2. The summed E-state index contributed by atoms with van der Waals surface area (Å²) in [6.07, 6.45) is 69.3. The van der Waals surface area contributed by atoms with E-state index in [0.29, 0.717) is 19.3 Å². The van der Waals surface area contributed by atoms with Gasteiger partial charge in [0.2, 0.25) is 0 Å². The Labute approximate surface area is 437 Å². The van der Waals surface area contributed by atoms with Gasteiger partial charge in [-0.15, -0.1) is 0 Å². The first-order chi connectivity index (χ1) is 34.5. The second-order valence-corrected chi connectivity index (χ2v) is 21.7. The summed E-state index contributed by atoms with van der Waals surface area (Å²) in [6, 6.07) is 0. The second kappa shape index (κ2) is 59.7. The Morgan fingerprint density at radius 3 is 0.714 bits per heavy atom. The predicted molar refractivity (Wildman–Crippen MR) is 303 cm³/mol. The highest BCUT2D eigenvalue weighted by atomic mass is 16.6. The standard InChI is InChI=1S/C64H122O6/c1-4-7-10-13-16-19-22-25-27-29-31-33-34-36-39-42-45-48-51-54-57-63(66)69-60-61(59-68-62(65)56-53-50-47-44-41-38-24-21-18-15-12-9-6-3)70-64(67)58-55-52-49-46-43-40-37-35-32-30-28-26-23-20-17-14-11-8-5-2/h26,28,61H,4-25,27,29-60H2,1-3H3/b28-26-. The molecule has 70 heavy (non-hydrogen) atoms. The summed E-state index contributed by atoms with van der Waals surface area (Å²) in [4.78, 5) is 38.3. The minimum absolute atomic E-state index is 0.0642. The maximum Gasteiger partial charge on any atom is 0.306 e. The zero-order valence-corrected chi connectivity index (χ0v) is 47.6. The Balaban J connectivity index is 4.27. The maximum absolute atomic E-state index is 12.9. The fourth-order valence-corrected chi connectivity index (χ4v) is 9.74. The number of carbonyl (C=O) groups excluding carboxylic acids is 3. The van der Waals surface area contributed by atoms with Gasteiger partial charge >= 0.3 is 17.9 Å². The van der Waals surface area contributed by atoms with E-state index < -0.39 is 6.10 Å². The molecule has 0 saturated carbocycles. The molecular weight excluding hydrogens is 865 g/mol. The third-order valence-corrected chi connectivity index (χ3v) is 14.5. The van der Waals surface area contributed by atoms with Crippen LogP contribution in [-0.2, 0) is 28.6 Å². The van der Waals surface area contributed by atoms with Gasteiger partial charge in [-0.2, -0.15) is 0 Å². The van der Waals surface area contributed by atoms with Gasteiger partial charge in [0.15, 0.2) is 6.10 Å². The van der Waals surface area contributed by atoms with Crippen LogP contribution in [-0.4, -0.2) is 37.2 Å². The molecule has 0 aliphatic carbocycles. The van der Waals surface area contributed by atoms with Crippen molar-refractivity contribution < 1.29 is 28.6 Å². The topological polar surface area (TPSA) is 78.9 Å². The van der Waals surface area contributed by atoms with E-state index in [1.807, 2.05) is 0 Å². The zero-order chi connectivity index (χ0) is 50.7. The van der Waals surface area contributed by atoms with Gasteiger partial charge in [-0.25, -0.2) is 0 Å². The third-order valence-electron chi connectivity index (χ3n) is 14.5. The summed E-state index contributed by atoms with van der Waals surface area (Å²) < 4.78 is 16.9. The summed E-state index contributed by atoms with van der Waals surface area (Å²) in [5.74, 6) is -0.837. The van der Waals surface area contributed by atoms with Crippen molar-refractivity contribution in [2.45, 2.75) is 367 Å². The molecule has 0 saturated heterocycles. The van der Waals surface area contributed by atoms with E-state index in [2.05, 4.69) is 32.9 Å². The molecule has 1 atom stereocenters. The van der Waals surface area contributed by atoms with Crippen LogP contribution in [0.4, 0.5) is 0 Å². The lowest BCUT2D eigenvalue weighted by Gasteiger charge is -2.18. The first kappa shape index (κ1) is 68.2. The summed E-state index contributed by atoms with van der Waals surface area (Å²) in [6.45, 7) is 6.71. The molecule has 0 fully saturated rings. The van der Waals surface area contributed by atoms with Gasteiger partial charge in [-0.3, -0.25) is 14.4 Å². The molecule has 0 aromatic carbocycles. The number of unbranched alkanes of at least 4 members (excludes halogenated alkanes) is 46. The van der Waals surface area contributed by atoms with Crippen molar-refractivity contribution in [3.05, 3.63) is 12.2 Å². The van der Waals surface area contributed by atoms with Crippen LogP contribution in [0, 0.1) is 0 Å². The molecule has 0 bridgehead atoms. The quantitative estimate of drug-likeness (QED) is 0.0261. The smallest absolute Gasteiger partial charge is 0.306 e. The van der Waals surface area contributed by atoms with Crippen LogP contribution in [0.15, 0.2) is 12.2 Å². The summed E-state index contributed by atoms with van der Waals surface area (Å²) >= 11 is 0. The number of esters is 3. The zero-order valence-electron chi connectivity index (χ0n) is 47.6. The van der Waals surface area contributed by atoms with Crippen LogP contribution in [0.3, 0.4) is 0 Å². The molecule has 0 N–H and O–H groups in total. The molecule has 6 heteroatoms. The van der Waals surface area contributed by atoms with Crippen LogP contribution >= 0.6 is 0 Å². The lowest BCUT2D eigenvalue weighted by atomic mass is 10.0. The highest BCUT2D eigenvalue weighted by Crippen LogP contribution is 2.18. The molecular formula is C64H122O6. The lowest BCUT2D eigenvalue weighted by Crippen LogP contribution is -2.30. The van der Waals surface area contributed by atoms with E-state index in [9.17, 15) is 14.4 Å². The number of ether oxygens (including phenoxy) is 3. The first-order valence-corrected chi connectivity index (χ1v) is 31.7. The van der Waals surface area contributed by atoms with Crippen molar-refractivity contribution in [3.8, 4) is 0 Å². The molecule has 0 spiro atoms. The van der Waals surface area contributed by atoms with Crippen LogP contribution in [0.25, 0.3) is 0 Å². The highest BCUT2D eigenvalue weighted by Gasteiger charge is 2.19. The third kappa shape index (κ3) is 57.1. The lowest BCUT2D eigenvalue weighted by molar-refractivity contribution is -0.167.